The van der Waals surface area contributed by atoms with E-state index in [0.29, 0.717) is 18.9 Å². The Bertz CT molecular complexity index is 418. The third-order valence-corrected chi connectivity index (χ3v) is 2.87. The first-order valence-electron chi connectivity index (χ1n) is 6.74. The van der Waals surface area contributed by atoms with Gasteiger partial charge in [0.1, 0.15) is 23.6 Å². The van der Waals surface area contributed by atoms with Gasteiger partial charge < -0.3 is 14.2 Å². The van der Waals surface area contributed by atoms with Crippen LogP contribution in [0.25, 0.3) is 0 Å². The molecule has 1 atom stereocenters. The van der Waals surface area contributed by atoms with Gasteiger partial charge in [-0.3, -0.25) is 5.32 Å². The van der Waals surface area contributed by atoms with Gasteiger partial charge in [-0.15, -0.1) is 0 Å². The molecule has 112 valence electrons. The lowest BCUT2D eigenvalue weighted by Gasteiger charge is -2.27. The summed E-state index contributed by atoms with van der Waals surface area (Å²) >= 11 is 0. The molecule has 0 heterocycles. The SMILES string of the molecule is CCNC(C)(COc1ccc(OCC)cc1)C(=O)OC. The van der Waals surface area contributed by atoms with Crippen molar-refractivity contribution in [3.05, 3.63) is 24.3 Å². The van der Waals surface area contributed by atoms with Crippen LogP contribution in [0.4, 0.5) is 0 Å². The largest absolute Gasteiger partial charge is 0.494 e. The number of rotatable bonds is 8. The molecule has 0 spiro atoms. The predicted molar refractivity (Wildman–Crippen MR) is 77.2 cm³/mol. The fourth-order valence-corrected chi connectivity index (χ4v) is 1.82. The van der Waals surface area contributed by atoms with Crippen LogP contribution in [0.2, 0.25) is 0 Å². The summed E-state index contributed by atoms with van der Waals surface area (Å²) in [5.74, 6) is 1.13. The minimum atomic E-state index is -0.859. The van der Waals surface area contributed by atoms with Gasteiger partial charge in [-0.05, 0) is 44.7 Å². The molecule has 0 aromatic heterocycles. The van der Waals surface area contributed by atoms with Crippen molar-refractivity contribution in [3.63, 3.8) is 0 Å². The van der Waals surface area contributed by atoms with E-state index in [-0.39, 0.29) is 12.6 Å². The van der Waals surface area contributed by atoms with Crippen LogP contribution in [0.15, 0.2) is 24.3 Å². The number of likely N-dealkylation sites (N-methyl/N-ethyl adjacent to an activating group) is 1. The summed E-state index contributed by atoms with van der Waals surface area (Å²) < 4.78 is 15.8. The fourth-order valence-electron chi connectivity index (χ4n) is 1.82. The van der Waals surface area contributed by atoms with Gasteiger partial charge in [-0.25, -0.2) is 4.79 Å². The Kier molecular flexibility index (Phi) is 6.31. The summed E-state index contributed by atoms with van der Waals surface area (Å²) in [5.41, 5.74) is -0.859. The minimum Gasteiger partial charge on any atom is -0.494 e. The van der Waals surface area contributed by atoms with Crippen LogP contribution >= 0.6 is 0 Å². The van der Waals surface area contributed by atoms with Crippen molar-refractivity contribution >= 4 is 5.97 Å². The zero-order valence-electron chi connectivity index (χ0n) is 12.6. The van der Waals surface area contributed by atoms with Gasteiger partial charge in [0.25, 0.3) is 0 Å². The van der Waals surface area contributed by atoms with Crippen molar-refractivity contribution in [2.24, 2.45) is 0 Å². The van der Waals surface area contributed by atoms with Crippen LogP contribution in [-0.2, 0) is 9.53 Å². The van der Waals surface area contributed by atoms with E-state index >= 15 is 0 Å². The molecule has 0 amide bonds. The third kappa shape index (κ3) is 4.42. The number of carbonyl (C=O) groups excluding carboxylic acids is 1. The number of carbonyl (C=O) groups is 1. The molecule has 0 aliphatic rings. The lowest BCUT2D eigenvalue weighted by Crippen LogP contribution is -2.54. The molecule has 0 saturated heterocycles. The van der Waals surface area contributed by atoms with E-state index in [4.69, 9.17) is 14.2 Å². The van der Waals surface area contributed by atoms with E-state index in [9.17, 15) is 4.79 Å². The van der Waals surface area contributed by atoms with Crippen molar-refractivity contribution < 1.29 is 19.0 Å². The molecule has 0 aliphatic heterocycles. The normalized spacial score (nSPS) is 13.4. The maximum absolute atomic E-state index is 11.8. The molecular formula is C15H23NO4. The average Bonchev–Trinajstić information content (AvgIpc) is 2.46. The maximum atomic E-state index is 11.8. The molecule has 1 aromatic rings. The molecule has 1 unspecified atom stereocenters. The zero-order chi connectivity index (χ0) is 15.0. The molecule has 1 N–H and O–H groups in total. The molecule has 0 fully saturated rings. The van der Waals surface area contributed by atoms with Gasteiger partial charge in [-0.2, -0.15) is 0 Å². The monoisotopic (exact) mass is 281 g/mol. The molecule has 0 aliphatic carbocycles. The summed E-state index contributed by atoms with van der Waals surface area (Å²) in [4.78, 5) is 11.8. The number of benzene rings is 1. The second kappa shape index (κ2) is 7.75. The Hall–Kier alpha value is -1.75. The van der Waals surface area contributed by atoms with Gasteiger partial charge in [0, 0.05) is 0 Å². The van der Waals surface area contributed by atoms with Crippen molar-refractivity contribution in [2.45, 2.75) is 26.3 Å². The predicted octanol–water partition coefficient (Wildman–Crippen LogP) is 2.01. The number of ether oxygens (including phenoxy) is 3. The van der Waals surface area contributed by atoms with Gasteiger partial charge in [0.05, 0.1) is 13.7 Å². The van der Waals surface area contributed by atoms with Crippen LogP contribution in [-0.4, -0.2) is 38.4 Å². The highest BCUT2D eigenvalue weighted by atomic mass is 16.5. The van der Waals surface area contributed by atoms with E-state index in [1.54, 1.807) is 6.92 Å². The molecule has 5 nitrogen and oxygen atoms in total. The summed E-state index contributed by atoms with van der Waals surface area (Å²) in [5, 5.41) is 3.09. The number of hydrogen-bond donors (Lipinski definition) is 1. The quantitative estimate of drug-likeness (QED) is 0.739. The van der Waals surface area contributed by atoms with Crippen LogP contribution in [0.1, 0.15) is 20.8 Å². The Labute approximate surface area is 120 Å². The number of hydrogen-bond acceptors (Lipinski definition) is 5. The smallest absolute Gasteiger partial charge is 0.329 e. The standard InChI is InChI=1S/C15H23NO4/c1-5-16-15(3,14(17)18-4)11-20-13-9-7-12(8-10-13)19-6-2/h7-10,16H,5-6,11H2,1-4H3. The molecule has 0 bridgehead atoms. The minimum absolute atomic E-state index is 0.196. The third-order valence-electron chi connectivity index (χ3n) is 2.87. The Morgan fingerprint density at radius 3 is 2.15 bits per heavy atom. The Balaban J connectivity index is 2.65. The zero-order valence-corrected chi connectivity index (χ0v) is 12.6. The fraction of sp³-hybridized carbons (Fsp3) is 0.533. The van der Waals surface area contributed by atoms with Crippen molar-refractivity contribution in [1.82, 2.24) is 5.32 Å². The van der Waals surface area contributed by atoms with E-state index < -0.39 is 5.54 Å². The molecule has 1 aromatic carbocycles. The van der Waals surface area contributed by atoms with Crippen LogP contribution < -0.4 is 14.8 Å². The highest BCUT2D eigenvalue weighted by Gasteiger charge is 2.34. The van der Waals surface area contributed by atoms with Crippen molar-refractivity contribution in [1.29, 1.82) is 0 Å². The Morgan fingerprint density at radius 2 is 1.70 bits per heavy atom. The molecule has 1 rings (SSSR count). The van der Waals surface area contributed by atoms with E-state index in [1.165, 1.54) is 7.11 Å². The molecule has 5 heteroatoms. The van der Waals surface area contributed by atoms with Crippen molar-refractivity contribution in [3.8, 4) is 11.5 Å². The average molecular weight is 281 g/mol. The highest BCUT2D eigenvalue weighted by molar-refractivity contribution is 5.80. The first-order chi connectivity index (χ1) is 9.55. The van der Waals surface area contributed by atoms with Gasteiger partial charge in [0.15, 0.2) is 0 Å². The van der Waals surface area contributed by atoms with E-state index in [1.807, 2.05) is 38.1 Å². The molecule has 0 saturated carbocycles. The van der Waals surface area contributed by atoms with E-state index in [0.717, 1.165) is 5.75 Å². The number of esters is 1. The second-order valence-electron chi connectivity index (χ2n) is 4.55. The van der Waals surface area contributed by atoms with Gasteiger partial charge in [-0.1, -0.05) is 6.92 Å². The summed E-state index contributed by atoms with van der Waals surface area (Å²) in [7, 11) is 1.37. The summed E-state index contributed by atoms with van der Waals surface area (Å²) in [6, 6.07) is 7.30. The summed E-state index contributed by atoms with van der Waals surface area (Å²) in [6.45, 7) is 7.10. The molecule has 0 radical (unpaired) electrons. The van der Waals surface area contributed by atoms with Gasteiger partial charge >= 0.3 is 5.97 Å². The Morgan fingerprint density at radius 1 is 1.15 bits per heavy atom. The van der Waals surface area contributed by atoms with Gasteiger partial charge in [0.2, 0.25) is 0 Å². The van der Waals surface area contributed by atoms with Crippen molar-refractivity contribution in [2.75, 3.05) is 26.9 Å². The van der Waals surface area contributed by atoms with Crippen LogP contribution in [0, 0.1) is 0 Å². The maximum Gasteiger partial charge on any atom is 0.329 e. The lowest BCUT2D eigenvalue weighted by atomic mass is 10.0. The number of methoxy groups -OCH3 is 1. The van der Waals surface area contributed by atoms with E-state index in [2.05, 4.69) is 5.32 Å². The summed E-state index contributed by atoms with van der Waals surface area (Å²) in [6.07, 6.45) is 0. The number of nitrogens with one attached hydrogen (secondary N) is 1. The molecular weight excluding hydrogens is 258 g/mol. The topological polar surface area (TPSA) is 56.8 Å². The molecule has 20 heavy (non-hydrogen) atoms. The lowest BCUT2D eigenvalue weighted by molar-refractivity contribution is -0.149. The van der Waals surface area contributed by atoms with Crippen LogP contribution in [0.5, 0.6) is 11.5 Å². The second-order valence-corrected chi connectivity index (χ2v) is 4.55. The highest BCUT2D eigenvalue weighted by Crippen LogP contribution is 2.19. The first-order valence-corrected chi connectivity index (χ1v) is 6.74. The first kappa shape index (κ1) is 16.3. The van der Waals surface area contributed by atoms with Crippen LogP contribution in [0.3, 0.4) is 0 Å².